The van der Waals surface area contributed by atoms with E-state index in [2.05, 4.69) is 10.6 Å². The average Bonchev–Trinajstić information content (AvgIpc) is 2.65. The molecule has 0 amide bonds. The van der Waals surface area contributed by atoms with Crippen LogP contribution in [-0.2, 0) is 7.05 Å². The number of aromatic nitrogens is 1. The molecule has 1 aromatic heterocycles. The number of pyridine rings is 1. The summed E-state index contributed by atoms with van der Waals surface area (Å²) < 4.78 is 1.23. The number of rotatable bonds is 6. The fraction of sp³-hybridized carbons (Fsp3) is 0.211. The maximum absolute atomic E-state index is 12.0. The van der Waals surface area contributed by atoms with E-state index < -0.39 is 16.4 Å². The molecule has 1 atom stereocenters. The molecule has 1 heterocycles. The van der Waals surface area contributed by atoms with E-state index in [1.54, 1.807) is 0 Å². The molecule has 0 unspecified atom stereocenters. The first-order valence-electron chi connectivity index (χ1n) is 8.18. The second-order valence-corrected chi connectivity index (χ2v) is 6.00. The first-order chi connectivity index (χ1) is 12.4. The SMILES string of the molecule is CC[C@@H](Nc1c([N-]c2cn(C)c(=O)cc2O)c(=O)c1=O)c1ccccc1.[Li+]. The van der Waals surface area contributed by atoms with Crippen molar-refractivity contribution >= 4 is 17.1 Å². The van der Waals surface area contributed by atoms with Crippen LogP contribution in [0.4, 0.5) is 17.1 Å². The molecule has 8 heteroatoms. The number of aryl methyl sites for hydroxylation is 1. The van der Waals surface area contributed by atoms with Crippen LogP contribution in [0.2, 0.25) is 0 Å². The van der Waals surface area contributed by atoms with Gasteiger partial charge < -0.3 is 20.3 Å². The van der Waals surface area contributed by atoms with E-state index in [9.17, 15) is 19.5 Å². The number of benzene rings is 1. The van der Waals surface area contributed by atoms with Gasteiger partial charge in [0, 0.05) is 13.1 Å². The van der Waals surface area contributed by atoms with Crippen LogP contribution in [0, 0.1) is 0 Å². The molecule has 2 aromatic carbocycles. The molecule has 0 aliphatic heterocycles. The Labute approximate surface area is 167 Å². The number of hydrogen-bond donors (Lipinski definition) is 2. The van der Waals surface area contributed by atoms with Crippen molar-refractivity contribution in [2.24, 2.45) is 7.05 Å². The fourth-order valence-corrected chi connectivity index (χ4v) is 2.71. The molecule has 0 radical (unpaired) electrons. The molecular weight excluding hydrogens is 341 g/mol. The Morgan fingerprint density at radius 1 is 1.15 bits per heavy atom. The largest absolute Gasteiger partial charge is 1.00 e. The van der Waals surface area contributed by atoms with Crippen LogP contribution >= 0.6 is 0 Å². The third-order valence-corrected chi connectivity index (χ3v) is 4.23. The van der Waals surface area contributed by atoms with Gasteiger partial charge in [0.05, 0.1) is 11.7 Å². The standard InChI is InChI=1S/C19H19N3O4.Li/c1-3-12(11-7-5-4-6-8-11)20-16-17(19(26)18(16)25)21-13-10-22(2)15(24)9-14(13)23;/h4-10,12H,3H2,1-2H3,(H3,20,21,23,24,25,26);/q;+1/p-1/t12-;/m1./s1. The molecule has 0 bridgehead atoms. The van der Waals surface area contributed by atoms with Crippen molar-refractivity contribution in [3.05, 3.63) is 84.3 Å². The normalized spacial score (nSPS) is 11.6. The maximum Gasteiger partial charge on any atom is 1.00 e. The maximum atomic E-state index is 12.0. The predicted molar refractivity (Wildman–Crippen MR) is 100 cm³/mol. The molecular formula is C19H18LiN3O4. The van der Waals surface area contributed by atoms with Gasteiger partial charge in [-0.2, -0.15) is 0 Å². The summed E-state index contributed by atoms with van der Waals surface area (Å²) in [6.07, 6.45) is 2.01. The van der Waals surface area contributed by atoms with E-state index in [1.165, 1.54) is 17.8 Å². The van der Waals surface area contributed by atoms with E-state index in [0.717, 1.165) is 11.6 Å². The number of nitrogens with one attached hydrogen (secondary N) is 1. The van der Waals surface area contributed by atoms with Crippen molar-refractivity contribution in [2.75, 3.05) is 5.32 Å². The van der Waals surface area contributed by atoms with Crippen molar-refractivity contribution in [1.82, 2.24) is 4.57 Å². The second kappa shape index (κ2) is 8.29. The Hall–Kier alpha value is -2.75. The van der Waals surface area contributed by atoms with Crippen LogP contribution in [0.1, 0.15) is 24.9 Å². The van der Waals surface area contributed by atoms with Crippen molar-refractivity contribution in [3.8, 4) is 5.75 Å². The van der Waals surface area contributed by atoms with E-state index >= 15 is 0 Å². The summed E-state index contributed by atoms with van der Waals surface area (Å²) in [5.41, 5.74) is -0.641. The van der Waals surface area contributed by atoms with Gasteiger partial charge in [0.25, 0.3) is 5.56 Å². The molecule has 0 spiro atoms. The van der Waals surface area contributed by atoms with E-state index in [1.807, 2.05) is 37.3 Å². The Morgan fingerprint density at radius 3 is 2.44 bits per heavy atom. The Kier molecular flexibility index (Phi) is 6.31. The van der Waals surface area contributed by atoms with Crippen LogP contribution in [0.25, 0.3) is 5.32 Å². The van der Waals surface area contributed by atoms with Crippen molar-refractivity contribution in [2.45, 2.75) is 19.4 Å². The molecule has 27 heavy (non-hydrogen) atoms. The molecule has 3 rings (SSSR count). The third kappa shape index (κ3) is 4.00. The quantitative estimate of drug-likeness (QED) is 0.460. The van der Waals surface area contributed by atoms with Gasteiger partial charge in [0.1, 0.15) is 5.75 Å². The molecule has 0 aliphatic rings. The predicted octanol–water partition coefficient (Wildman–Crippen LogP) is -0.409. The van der Waals surface area contributed by atoms with Gasteiger partial charge in [-0.3, -0.25) is 14.4 Å². The molecule has 3 aromatic rings. The summed E-state index contributed by atoms with van der Waals surface area (Å²) in [6, 6.07) is 10.4. The van der Waals surface area contributed by atoms with E-state index in [4.69, 9.17) is 0 Å². The van der Waals surface area contributed by atoms with E-state index in [-0.39, 0.29) is 47.7 Å². The number of anilines is 1. The van der Waals surface area contributed by atoms with Gasteiger partial charge >= 0.3 is 18.9 Å². The summed E-state index contributed by atoms with van der Waals surface area (Å²) in [4.78, 5) is 35.5. The molecule has 0 saturated heterocycles. The first-order valence-corrected chi connectivity index (χ1v) is 8.18. The molecule has 0 aliphatic carbocycles. The zero-order valence-corrected chi connectivity index (χ0v) is 15.4. The molecule has 2 N–H and O–H groups in total. The molecule has 7 nitrogen and oxygen atoms in total. The van der Waals surface area contributed by atoms with Gasteiger partial charge in [-0.05, 0) is 18.2 Å². The third-order valence-electron chi connectivity index (χ3n) is 4.23. The number of hydrogen-bond acceptors (Lipinski definition) is 5. The minimum atomic E-state index is -0.719. The van der Waals surface area contributed by atoms with Crippen LogP contribution < -0.4 is 40.6 Å². The number of nitrogens with zero attached hydrogens (tertiary/aromatic N) is 2. The second-order valence-electron chi connectivity index (χ2n) is 6.00. The average molecular weight is 359 g/mol. The summed E-state index contributed by atoms with van der Waals surface area (Å²) in [6.45, 7) is 1.96. The van der Waals surface area contributed by atoms with Gasteiger partial charge in [0.2, 0.25) is 10.9 Å². The smallest absolute Gasteiger partial charge is 0.649 e. The fourth-order valence-electron chi connectivity index (χ4n) is 2.71. The van der Waals surface area contributed by atoms with Crippen LogP contribution in [-0.4, -0.2) is 9.67 Å². The molecule has 134 valence electrons. The van der Waals surface area contributed by atoms with Crippen molar-refractivity contribution in [1.29, 1.82) is 0 Å². The van der Waals surface area contributed by atoms with Gasteiger partial charge in [-0.25, -0.2) is 0 Å². The zero-order valence-electron chi connectivity index (χ0n) is 15.4. The van der Waals surface area contributed by atoms with E-state index in [0.29, 0.717) is 6.42 Å². The van der Waals surface area contributed by atoms with Crippen LogP contribution in [0.3, 0.4) is 0 Å². The number of aromatic hydroxyl groups is 1. The Balaban J connectivity index is 0.00000261. The van der Waals surface area contributed by atoms with Gasteiger partial charge in [0.15, 0.2) is 0 Å². The molecule has 0 fully saturated rings. The van der Waals surface area contributed by atoms with Crippen LogP contribution in [0.5, 0.6) is 5.75 Å². The summed E-state index contributed by atoms with van der Waals surface area (Å²) in [5, 5.41) is 17.1. The zero-order chi connectivity index (χ0) is 18.8. The summed E-state index contributed by atoms with van der Waals surface area (Å²) >= 11 is 0. The van der Waals surface area contributed by atoms with Gasteiger partial charge in [-0.1, -0.05) is 48.6 Å². The monoisotopic (exact) mass is 359 g/mol. The summed E-state index contributed by atoms with van der Waals surface area (Å²) in [7, 11) is 1.50. The Bertz CT molecular complexity index is 1070. The minimum absolute atomic E-state index is 0. The topological polar surface area (TPSA) is 102 Å². The van der Waals surface area contributed by atoms with Gasteiger partial charge in [-0.15, -0.1) is 0 Å². The van der Waals surface area contributed by atoms with Crippen LogP contribution in [0.15, 0.2) is 57.0 Å². The summed E-state index contributed by atoms with van der Waals surface area (Å²) in [5.74, 6) is -0.345. The minimum Gasteiger partial charge on any atom is -0.649 e. The Morgan fingerprint density at radius 2 is 1.81 bits per heavy atom. The first kappa shape index (κ1) is 20.6. The van der Waals surface area contributed by atoms with Crippen molar-refractivity contribution < 1.29 is 24.0 Å². The molecule has 0 saturated carbocycles. The van der Waals surface area contributed by atoms with Crippen molar-refractivity contribution in [3.63, 3.8) is 0 Å².